The van der Waals surface area contributed by atoms with Crippen LogP contribution in [0.15, 0.2) is 16.6 Å². The van der Waals surface area contributed by atoms with Gasteiger partial charge in [-0.1, -0.05) is 22.9 Å². The number of nitrogens with one attached hydrogen (secondary N) is 1. The van der Waals surface area contributed by atoms with Crippen molar-refractivity contribution >= 4 is 27.5 Å². The Morgan fingerprint density at radius 2 is 2.00 bits per heavy atom. The number of amides is 1. The molecule has 88 valence electrons. The zero-order chi connectivity index (χ0) is 12.3. The monoisotopic (exact) mass is 292 g/mol. The van der Waals surface area contributed by atoms with Gasteiger partial charge in [0.2, 0.25) is 5.91 Å². The van der Waals surface area contributed by atoms with Gasteiger partial charge in [0, 0.05) is 4.47 Å². The Morgan fingerprint density at radius 3 is 2.38 bits per heavy atom. The summed E-state index contributed by atoms with van der Waals surface area (Å²) in [6.07, 6.45) is 0.351. The lowest BCUT2D eigenvalue weighted by Crippen LogP contribution is -2.35. The molecular weight excluding hydrogens is 282 g/mol. The van der Waals surface area contributed by atoms with E-state index in [0.717, 1.165) is 12.1 Å². The maximum absolute atomic E-state index is 13.4. The molecule has 0 aromatic heterocycles. The van der Waals surface area contributed by atoms with E-state index in [4.69, 9.17) is 5.73 Å². The lowest BCUT2D eigenvalue weighted by Gasteiger charge is -2.15. The average molecular weight is 293 g/mol. The number of rotatable bonds is 4. The summed E-state index contributed by atoms with van der Waals surface area (Å²) in [6, 6.07) is 1.43. The van der Waals surface area contributed by atoms with Crippen molar-refractivity contribution in [2.24, 2.45) is 5.73 Å². The van der Waals surface area contributed by atoms with Crippen LogP contribution in [0.4, 0.5) is 14.5 Å². The van der Waals surface area contributed by atoms with Gasteiger partial charge in [-0.3, -0.25) is 4.79 Å². The van der Waals surface area contributed by atoms with E-state index in [1.54, 1.807) is 6.92 Å². The highest BCUT2D eigenvalue weighted by Gasteiger charge is 2.17. The zero-order valence-electron chi connectivity index (χ0n) is 8.56. The van der Waals surface area contributed by atoms with Gasteiger partial charge in [-0.25, -0.2) is 8.78 Å². The van der Waals surface area contributed by atoms with Crippen molar-refractivity contribution < 1.29 is 13.6 Å². The molecule has 0 aliphatic rings. The van der Waals surface area contributed by atoms with Gasteiger partial charge in [0.15, 0.2) is 0 Å². The van der Waals surface area contributed by atoms with Crippen LogP contribution in [0.5, 0.6) is 0 Å². The maximum Gasteiger partial charge on any atom is 0.239 e. The molecule has 1 aromatic rings. The Hall–Kier alpha value is -1.17. The number of nitrogens with two attached hydrogens (primary N) is 1. The second kappa shape index (κ2) is 5.25. The van der Waals surface area contributed by atoms with Gasteiger partial charge in [0.05, 0.1) is 0 Å². The quantitative estimate of drug-likeness (QED) is 0.895. The Kier molecular flexibility index (Phi) is 4.23. The van der Waals surface area contributed by atoms with E-state index in [-0.39, 0.29) is 5.69 Å². The van der Waals surface area contributed by atoms with Crippen molar-refractivity contribution in [2.45, 2.75) is 19.4 Å². The van der Waals surface area contributed by atoms with Gasteiger partial charge in [0.1, 0.15) is 23.4 Å². The van der Waals surface area contributed by atoms with Crippen LogP contribution in [0.2, 0.25) is 0 Å². The molecule has 0 saturated carbocycles. The number of carbonyl (C=O) groups is 1. The molecule has 0 fully saturated rings. The minimum Gasteiger partial charge on any atom is -0.369 e. The number of hydrogen-bond acceptors (Lipinski definition) is 2. The molecule has 1 amide bonds. The van der Waals surface area contributed by atoms with E-state index >= 15 is 0 Å². The van der Waals surface area contributed by atoms with Gasteiger partial charge < -0.3 is 11.1 Å². The predicted molar refractivity (Wildman–Crippen MR) is 61.0 cm³/mol. The van der Waals surface area contributed by atoms with E-state index in [9.17, 15) is 13.6 Å². The van der Waals surface area contributed by atoms with Crippen LogP contribution in [-0.2, 0) is 4.79 Å². The topological polar surface area (TPSA) is 55.1 Å². The van der Waals surface area contributed by atoms with E-state index in [0.29, 0.717) is 10.9 Å². The molecule has 0 saturated heterocycles. The number of carbonyl (C=O) groups excluding carboxylic acids is 1. The lowest BCUT2D eigenvalue weighted by atomic mass is 10.2. The summed E-state index contributed by atoms with van der Waals surface area (Å²) < 4.78 is 27.1. The number of benzene rings is 1. The molecule has 16 heavy (non-hydrogen) atoms. The van der Waals surface area contributed by atoms with Crippen molar-refractivity contribution in [3.8, 4) is 0 Å². The smallest absolute Gasteiger partial charge is 0.239 e. The third-order valence-corrected chi connectivity index (χ3v) is 2.53. The fourth-order valence-corrected chi connectivity index (χ4v) is 1.63. The molecular formula is C10H11BrF2N2O. The number of halogens is 3. The minimum absolute atomic E-state index is 0.292. The Balaban J connectivity index is 3.01. The SMILES string of the molecule is CCC(Nc1c(F)cc(Br)cc1F)C(N)=O. The van der Waals surface area contributed by atoms with Crippen LogP contribution in [0.1, 0.15) is 13.3 Å². The van der Waals surface area contributed by atoms with Gasteiger partial charge in [0.25, 0.3) is 0 Å². The fraction of sp³-hybridized carbons (Fsp3) is 0.300. The maximum atomic E-state index is 13.4. The number of primary amides is 1. The molecule has 0 aliphatic heterocycles. The molecule has 0 heterocycles. The fourth-order valence-electron chi connectivity index (χ4n) is 1.23. The molecule has 3 nitrogen and oxygen atoms in total. The second-order valence-electron chi connectivity index (χ2n) is 3.25. The Labute approximate surface area is 100 Å². The first-order valence-electron chi connectivity index (χ1n) is 4.66. The third kappa shape index (κ3) is 2.91. The van der Waals surface area contributed by atoms with Gasteiger partial charge in [-0.2, -0.15) is 0 Å². The number of hydrogen-bond donors (Lipinski definition) is 2. The van der Waals surface area contributed by atoms with Crippen molar-refractivity contribution in [1.82, 2.24) is 0 Å². The normalized spacial score (nSPS) is 12.2. The highest BCUT2D eigenvalue weighted by Crippen LogP contribution is 2.24. The second-order valence-corrected chi connectivity index (χ2v) is 4.17. The first-order valence-corrected chi connectivity index (χ1v) is 5.45. The van der Waals surface area contributed by atoms with Crippen LogP contribution in [0, 0.1) is 11.6 Å². The molecule has 0 aliphatic carbocycles. The van der Waals surface area contributed by atoms with Crippen LogP contribution >= 0.6 is 15.9 Å². The molecule has 0 bridgehead atoms. The summed E-state index contributed by atoms with van der Waals surface area (Å²) >= 11 is 2.96. The summed E-state index contributed by atoms with van der Waals surface area (Å²) in [4.78, 5) is 10.9. The minimum atomic E-state index is -0.787. The molecule has 0 radical (unpaired) electrons. The van der Waals surface area contributed by atoms with Crippen LogP contribution in [-0.4, -0.2) is 11.9 Å². The van der Waals surface area contributed by atoms with Gasteiger partial charge >= 0.3 is 0 Å². The van der Waals surface area contributed by atoms with Gasteiger partial charge in [-0.05, 0) is 18.6 Å². The summed E-state index contributed by atoms with van der Waals surface area (Å²) in [6.45, 7) is 1.69. The number of anilines is 1. The molecule has 1 unspecified atom stereocenters. The van der Waals surface area contributed by atoms with E-state index in [2.05, 4.69) is 21.2 Å². The first-order chi connectivity index (χ1) is 7.45. The highest BCUT2D eigenvalue weighted by molar-refractivity contribution is 9.10. The van der Waals surface area contributed by atoms with Crippen molar-refractivity contribution in [1.29, 1.82) is 0 Å². The van der Waals surface area contributed by atoms with E-state index < -0.39 is 23.6 Å². The third-order valence-electron chi connectivity index (χ3n) is 2.08. The van der Waals surface area contributed by atoms with Crippen molar-refractivity contribution in [3.05, 3.63) is 28.2 Å². The highest BCUT2D eigenvalue weighted by atomic mass is 79.9. The van der Waals surface area contributed by atoms with Gasteiger partial charge in [-0.15, -0.1) is 0 Å². The van der Waals surface area contributed by atoms with E-state index in [1.165, 1.54) is 0 Å². The Morgan fingerprint density at radius 1 is 1.50 bits per heavy atom. The molecule has 6 heteroatoms. The summed E-state index contributed by atoms with van der Waals surface area (Å²) in [5, 5.41) is 2.45. The van der Waals surface area contributed by atoms with Crippen LogP contribution < -0.4 is 11.1 Å². The van der Waals surface area contributed by atoms with Crippen LogP contribution in [0.3, 0.4) is 0 Å². The summed E-state index contributed by atoms with van der Waals surface area (Å²) in [5.41, 5.74) is 4.73. The van der Waals surface area contributed by atoms with Crippen molar-refractivity contribution in [3.63, 3.8) is 0 Å². The molecule has 1 atom stereocenters. The predicted octanol–water partition coefficient (Wildman–Crippen LogP) is 2.40. The Bertz CT molecular complexity index is 389. The lowest BCUT2D eigenvalue weighted by molar-refractivity contribution is -0.118. The van der Waals surface area contributed by atoms with Crippen LogP contribution in [0.25, 0.3) is 0 Å². The largest absolute Gasteiger partial charge is 0.369 e. The molecule has 1 rings (SSSR count). The summed E-state index contributed by atoms with van der Waals surface area (Å²) in [5.74, 6) is -2.19. The standard InChI is InChI=1S/C10H11BrF2N2O/c1-2-8(10(14)16)15-9-6(12)3-5(11)4-7(9)13/h3-4,8,15H,2H2,1H3,(H2,14,16). The zero-order valence-corrected chi connectivity index (χ0v) is 10.1. The molecule has 0 spiro atoms. The van der Waals surface area contributed by atoms with Crippen molar-refractivity contribution in [2.75, 3.05) is 5.32 Å². The molecule has 3 N–H and O–H groups in total. The summed E-state index contributed by atoms with van der Waals surface area (Å²) in [7, 11) is 0. The molecule has 1 aromatic carbocycles. The average Bonchev–Trinajstić information content (AvgIpc) is 2.15. The van der Waals surface area contributed by atoms with E-state index in [1.807, 2.05) is 0 Å². The first kappa shape index (κ1) is 12.9.